The molecule has 8 nitrogen and oxygen atoms in total. The number of nitrogens with zero attached hydrogens (tertiary/aromatic N) is 4. The first-order valence-corrected chi connectivity index (χ1v) is 12.7. The number of hydrogen-bond acceptors (Lipinski definition) is 6. The Balaban J connectivity index is 1.18. The van der Waals surface area contributed by atoms with Gasteiger partial charge in [0.2, 0.25) is 5.91 Å². The van der Waals surface area contributed by atoms with Gasteiger partial charge < -0.3 is 19.9 Å². The van der Waals surface area contributed by atoms with Gasteiger partial charge in [-0.25, -0.2) is 9.78 Å². The number of hydrogen-bond donors (Lipinski definition) is 1. The minimum absolute atomic E-state index is 0.0699. The van der Waals surface area contributed by atoms with Gasteiger partial charge in [0.15, 0.2) is 0 Å². The Kier molecular flexibility index (Phi) is 6.65. The van der Waals surface area contributed by atoms with Crippen LogP contribution in [0.15, 0.2) is 42.6 Å². The van der Waals surface area contributed by atoms with Crippen LogP contribution in [-0.2, 0) is 9.53 Å². The number of piperazine rings is 1. The van der Waals surface area contributed by atoms with Crippen molar-refractivity contribution in [3.63, 3.8) is 0 Å². The van der Waals surface area contributed by atoms with E-state index in [9.17, 15) is 9.59 Å². The zero-order chi connectivity index (χ0) is 24.4. The molecule has 5 rings (SSSR count). The van der Waals surface area contributed by atoms with E-state index in [1.807, 2.05) is 48.4 Å². The number of carbonyl (C=O) groups is 2. The maximum absolute atomic E-state index is 12.0. The van der Waals surface area contributed by atoms with Crippen molar-refractivity contribution in [3.05, 3.63) is 42.6 Å². The van der Waals surface area contributed by atoms with Gasteiger partial charge in [-0.05, 0) is 56.0 Å². The predicted molar refractivity (Wildman–Crippen MR) is 136 cm³/mol. The van der Waals surface area contributed by atoms with Crippen molar-refractivity contribution in [1.82, 2.24) is 14.8 Å². The molecule has 3 aliphatic rings. The number of nitrogens with one attached hydrogen (secondary N) is 1. The van der Waals surface area contributed by atoms with Gasteiger partial charge in [0.25, 0.3) is 0 Å². The highest BCUT2D eigenvalue weighted by Crippen LogP contribution is 2.47. The molecule has 8 heteroatoms. The number of amides is 2. The molecular weight excluding hydrogens is 442 g/mol. The third-order valence-electron chi connectivity index (χ3n) is 7.69. The maximum atomic E-state index is 12.0. The standard InChI is InChI=1S/C27H35N5O3/c1-3-35-26(34)32-18-27(19-32)11-10-23(17-27)30-13-15-31(16-14-30)25-24(5-4-12-28-25)21-6-8-22(9-7-21)29-20(2)33/h4-9,12,23H,3,10-11,13-19H2,1-2H3,(H,29,33). The topological polar surface area (TPSA) is 78.0 Å². The van der Waals surface area contributed by atoms with Gasteiger partial charge in [0, 0.05) is 75.1 Å². The quantitative estimate of drug-likeness (QED) is 0.705. The fourth-order valence-electron chi connectivity index (χ4n) is 5.99. The first-order chi connectivity index (χ1) is 17.0. The van der Waals surface area contributed by atoms with Crippen LogP contribution in [0.25, 0.3) is 11.1 Å². The smallest absolute Gasteiger partial charge is 0.409 e. The van der Waals surface area contributed by atoms with Crippen molar-refractivity contribution in [2.75, 3.05) is 56.1 Å². The second-order valence-corrected chi connectivity index (χ2v) is 10.1. The lowest BCUT2D eigenvalue weighted by Crippen LogP contribution is -2.58. The molecule has 3 heterocycles. The fraction of sp³-hybridized carbons (Fsp3) is 0.519. The number of aromatic nitrogens is 1. The summed E-state index contributed by atoms with van der Waals surface area (Å²) in [5, 5.41) is 2.82. The fourth-order valence-corrected chi connectivity index (χ4v) is 5.99. The van der Waals surface area contributed by atoms with Crippen LogP contribution in [0.2, 0.25) is 0 Å². The Morgan fingerprint density at radius 2 is 1.86 bits per heavy atom. The van der Waals surface area contributed by atoms with Crippen LogP contribution in [0.3, 0.4) is 0 Å². The molecule has 2 amide bonds. The van der Waals surface area contributed by atoms with E-state index in [1.165, 1.54) is 26.2 Å². The minimum atomic E-state index is -0.161. The van der Waals surface area contributed by atoms with Gasteiger partial charge in [-0.15, -0.1) is 0 Å². The lowest BCUT2D eigenvalue weighted by atomic mass is 9.78. The van der Waals surface area contributed by atoms with Gasteiger partial charge in [-0.3, -0.25) is 9.69 Å². The van der Waals surface area contributed by atoms with E-state index in [4.69, 9.17) is 9.72 Å². The van der Waals surface area contributed by atoms with E-state index in [0.717, 1.165) is 61.9 Å². The SMILES string of the molecule is CCOC(=O)N1CC2(CCC(N3CCN(c4ncccc4-c4ccc(NC(C)=O)cc4)CC3)C2)C1. The average Bonchev–Trinajstić information content (AvgIpc) is 3.30. The van der Waals surface area contributed by atoms with Crippen LogP contribution in [0.4, 0.5) is 16.3 Å². The van der Waals surface area contributed by atoms with Crippen LogP contribution >= 0.6 is 0 Å². The van der Waals surface area contributed by atoms with E-state index >= 15 is 0 Å². The van der Waals surface area contributed by atoms with Crippen LogP contribution < -0.4 is 10.2 Å². The van der Waals surface area contributed by atoms with Gasteiger partial charge >= 0.3 is 6.09 Å². The van der Waals surface area contributed by atoms with Crippen molar-refractivity contribution >= 4 is 23.5 Å². The Morgan fingerprint density at radius 3 is 2.54 bits per heavy atom. The van der Waals surface area contributed by atoms with Crippen LogP contribution in [0.1, 0.15) is 33.1 Å². The van der Waals surface area contributed by atoms with Crippen molar-refractivity contribution < 1.29 is 14.3 Å². The monoisotopic (exact) mass is 477 g/mol. The first kappa shape index (κ1) is 23.6. The van der Waals surface area contributed by atoms with Crippen molar-refractivity contribution in [2.45, 2.75) is 39.2 Å². The summed E-state index contributed by atoms with van der Waals surface area (Å²) in [6, 6.07) is 12.7. The molecule has 2 aromatic rings. The highest BCUT2D eigenvalue weighted by Gasteiger charge is 2.51. The van der Waals surface area contributed by atoms with E-state index in [-0.39, 0.29) is 12.0 Å². The summed E-state index contributed by atoms with van der Waals surface area (Å²) in [5.41, 5.74) is 3.31. The molecule has 0 bridgehead atoms. The summed E-state index contributed by atoms with van der Waals surface area (Å²) in [6.45, 7) is 9.47. The number of pyridine rings is 1. The van der Waals surface area contributed by atoms with E-state index in [2.05, 4.69) is 21.2 Å². The van der Waals surface area contributed by atoms with Crippen molar-refractivity contribution in [3.8, 4) is 11.1 Å². The van der Waals surface area contributed by atoms with Crippen molar-refractivity contribution in [2.24, 2.45) is 5.41 Å². The number of anilines is 2. The zero-order valence-corrected chi connectivity index (χ0v) is 20.7. The molecule has 1 aromatic heterocycles. The van der Waals surface area contributed by atoms with Crippen molar-refractivity contribution in [1.29, 1.82) is 0 Å². The van der Waals surface area contributed by atoms with Gasteiger partial charge in [0.1, 0.15) is 5.82 Å². The molecule has 186 valence electrons. The third-order valence-corrected chi connectivity index (χ3v) is 7.69. The average molecular weight is 478 g/mol. The molecule has 3 fully saturated rings. The van der Waals surface area contributed by atoms with E-state index in [0.29, 0.717) is 18.1 Å². The van der Waals surface area contributed by atoms with Crippen LogP contribution in [-0.4, -0.2) is 78.7 Å². The lowest BCUT2D eigenvalue weighted by Gasteiger charge is -2.48. The van der Waals surface area contributed by atoms with Gasteiger partial charge in [-0.1, -0.05) is 12.1 Å². The molecule has 1 unspecified atom stereocenters. The summed E-state index contributed by atoms with van der Waals surface area (Å²) in [7, 11) is 0. The number of ether oxygens (including phenoxy) is 1. The summed E-state index contributed by atoms with van der Waals surface area (Å²) in [6.07, 6.45) is 5.30. The minimum Gasteiger partial charge on any atom is -0.450 e. The normalized spacial score (nSPS) is 21.6. The maximum Gasteiger partial charge on any atom is 0.409 e. The molecule has 1 aliphatic carbocycles. The number of carbonyl (C=O) groups excluding carboxylic acids is 2. The van der Waals surface area contributed by atoms with E-state index < -0.39 is 0 Å². The van der Waals surface area contributed by atoms with Gasteiger partial charge in [0.05, 0.1) is 6.61 Å². The summed E-state index contributed by atoms with van der Waals surface area (Å²) in [5.74, 6) is 0.950. The second kappa shape index (κ2) is 9.85. The highest BCUT2D eigenvalue weighted by molar-refractivity contribution is 5.89. The first-order valence-electron chi connectivity index (χ1n) is 12.7. The Hall–Kier alpha value is -3.13. The summed E-state index contributed by atoms with van der Waals surface area (Å²) in [4.78, 5) is 34.9. The molecule has 1 spiro atoms. The predicted octanol–water partition coefficient (Wildman–Crippen LogP) is 3.84. The number of rotatable bonds is 5. The lowest BCUT2D eigenvalue weighted by molar-refractivity contribution is -0.114. The number of likely N-dealkylation sites (tertiary alicyclic amines) is 1. The third kappa shape index (κ3) is 4.98. The van der Waals surface area contributed by atoms with Crippen LogP contribution in [0.5, 0.6) is 0 Å². The Morgan fingerprint density at radius 1 is 1.11 bits per heavy atom. The molecule has 1 atom stereocenters. The molecule has 35 heavy (non-hydrogen) atoms. The van der Waals surface area contributed by atoms with E-state index in [1.54, 1.807) is 0 Å². The molecular formula is C27H35N5O3. The number of benzene rings is 1. The molecule has 2 saturated heterocycles. The molecule has 1 N–H and O–H groups in total. The zero-order valence-electron chi connectivity index (χ0n) is 20.7. The van der Waals surface area contributed by atoms with Crippen LogP contribution in [0, 0.1) is 5.41 Å². The Labute approximate surface area is 207 Å². The second-order valence-electron chi connectivity index (χ2n) is 10.1. The highest BCUT2D eigenvalue weighted by atomic mass is 16.6. The molecule has 1 aromatic carbocycles. The molecule has 1 saturated carbocycles. The molecule has 2 aliphatic heterocycles. The van der Waals surface area contributed by atoms with Gasteiger partial charge in [-0.2, -0.15) is 0 Å². The summed E-state index contributed by atoms with van der Waals surface area (Å²) >= 11 is 0. The summed E-state index contributed by atoms with van der Waals surface area (Å²) < 4.78 is 5.16. The molecule has 0 radical (unpaired) electrons. The Bertz CT molecular complexity index is 1060. The largest absolute Gasteiger partial charge is 0.450 e.